The van der Waals surface area contributed by atoms with Crippen LogP contribution in [0.4, 0.5) is 17.6 Å². The summed E-state index contributed by atoms with van der Waals surface area (Å²) < 4.78 is 60.6. The van der Waals surface area contributed by atoms with E-state index in [-0.39, 0.29) is 38.4 Å². The molecule has 0 unspecified atom stereocenters. The number of hydrogen-bond donors (Lipinski definition) is 1. The van der Waals surface area contributed by atoms with Crippen LogP contribution in [-0.2, 0) is 6.54 Å². The lowest BCUT2D eigenvalue weighted by Gasteiger charge is -2.31. The van der Waals surface area contributed by atoms with Crippen LogP contribution in [0.5, 0.6) is 0 Å². The maximum absolute atomic E-state index is 14.0. The number of carbonyl (C=O) groups is 1. The highest BCUT2D eigenvalue weighted by Gasteiger charge is 2.35. The molecule has 1 aliphatic heterocycles. The Morgan fingerprint density at radius 1 is 0.886 bits per heavy atom. The lowest BCUT2D eigenvalue weighted by molar-refractivity contribution is -0.0494. The summed E-state index contributed by atoms with van der Waals surface area (Å²) in [5.41, 5.74) is 8.94. The molecule has 2 N–H and O–H groups in total. The third-order valence-corrected chi connectivity index (χ3v) is 6.29. The van der Waals surface area contributed by atoms with E-state index in [1.165, 1.54) is 17.0 Å². The lowest BCUT2D eigenvalue weighted by Crippen LogP contribution is -2.42. The van der Waals surface area contributed by atoms with E-state index in [0.29, 0.717) is 28.0 Å². The fourth-order valence-corrected chi connectivity index (χ4v) is 4.42. The Bertz CT molecular complexity index is 1380. The van der Waals surface area contributed by atoms with Crippen LogP contribution in [0, 0.1) is 11.6 Å². The predicted molar refractivity (Wildman–Crippen MR) is 125 cm³/mol. The molecule has 4 nitrogen and oxygen atoms in total. The number of carbonyl (C=O) groups excluding carboxylic acids is 1. The van der Waals surface area contributed by atoms with Crippen molar-refractivity contribution in [1.29, 1.82) is 0 Å². The number of halogens is 4. The van der Waals surface area contributed by atoms with Crippen molar-refractivity contribution in [3.8, 4) is 22.3 Å². The van der Waals surface area contributed by atoms with Crippen molar-refractivity contribution in [3.05, 3.63) is 83.6 Å². The lowest BCUT2D eigenvalue weighted by atomic mass is 9.96. The van der Waals surface area contributed by atoms with Crippen LogP contribution >= 0.6 is 0 Å². The van der Waals surface area contributed by atoms with Gasteiger partial charge in [0, 0.05) is 48.5 Å². The van der Waals surface area contributed by atoms with Gasteiger partial charge in [-0.15, -0.1) is 0 Å². The second kappa shape index (κ2) is 8.85. The van der Waals surface area contributed by atoms with Gasteiger partial charge in [0.05, 0.1) is 6.54 Å². The normalized spacial score (nSPS) is 15.5. The first kappa shape index (κ1) is 23.1. The number of benzene rings is 3. The highest BCUT2D eigenvalue weighted by Crippen LogP contribution is 2.37. The summed E-state index contributed by atoms with van der Waals surface area (Å²) in [7, 11) is 0. The van der Waals surface area contributed by atoms with Crippen molar-refractivity contribution < 1.29 is 26.8 Å². The zero-order chi connectivity index (χ0) is 24.7. The van der Waals surface area contributed by atoms with Crippen LogP contribution < -0.4 is 5.73 Å². The maximum atomic E-state index is 14.0. The van der Waals surface area contributed by atoms with Crippen molar-refractivity contribution in [2.75, 3.05) is 13.1 Å². The Balaban J connectivity index is 1.50. The number of furan rings is 1. The van der Waals surface area contributed by atoms with Crippen molar-refractivity contribution in [2.24, 2.45) is 5.73 Å². The van der Waals surface area contributed by atoms with E-state index in [0.717, 1.165) is 22.6 Å². The van der Waals surface area contributed by atoms with E-state index in [4.69, 9.17) is 10.2 Å². The molecule has 35 heavy (non-hydrogen) atoms. The number of alkyl halides is 2. The Hall–Kier alpha value is -3.65. The molecule has 1 saturated heterocycles. The number of rotatable bonds is 4. The van der Waals surface area contributed by atoms with Crippen molar-refractivity contribution in [1.82, 2.24) is 4.90 Å². The van der Waals surface area contributed by atoms with Crippen molar-refractivity contribution >= 4 is 16.9 Å². The van der Waals surface area contributed by atoms with Gasteiger partial charge in [0.2, 0.25) is 0 Å². The molecular weight excluding hydrogens is 460 g/mol. The van der Waals surface area contributed by atoms with Crippen molar-refractivity contribution in [2.45, 2.75) is 25.3 Å². The first-order valence-electron chi connectivity index (χ1n) is 11.2. The summed E-state index contributed by atoms with van der Waals surface area (Å²) in [5.74, 6) is -3.90. The topological polar surface area (TPSA) is 59.5 Å². The molecular formula is C27H22F4N2O2. The van der Waals surface area contributed by atoms with Crippen LogP contribution in [0.1, 0.15) is 29.0 Å². The fourth-order valence-electron chi connectivity index (χ4n) is 4.42. The third-order valence-electron chi connectivity index (χ3n) is 6.29. The predicted octanol–water partition coefficient (Wildman–Crippen LogP) is 6.38. The Labute approximate surface area is 198 Å². The van der Waals surface area contributed by atoms with Gasteiger partial charge in [-0.25, -0.2) is 17.6 Å². The molecule has 1 fully saturated rings. The molecule has 0 saturated carbocycles. The summed E-state index contributed by atoms with van der Waals surface area (Å²) >= 11 is 0. The second-order valence-corrected chi connectivity index (χ2v) is 8.74. The number of piperidine rings is 1. The minimum Gasteiger partial charge on any atom is -0.459 e. The summed E-state index contributed by atoms with van der Waals surface area (Å²) in [4.78, 5) is 14.2. The number of amides is 1. The third kappa shape index (κ3) is 4.66. The van der Waals surface area contributed by atoms with Gasteiger partial charge in [0.1, 0.15) is 23.0 Å². The molecule has 1 aromatic heterocycles. The SMILES string of the molecule is NCc1cc2cc(-c3ccc(C(=O)N4CCC(F)(F)CC4)cc3)cc(-c3cc(F)cc(F)c3)c2o1. The second-order valence-electron chi connectivity index (χ2n) is 8.74. The Morgan fingerprint density at radius 3 is 2.17 bits per heavy atom. The monoisotopic (exact) mass is 482 g/mol. The molecule has 3 aromatic carbocycles. The minimum absolute atomic E-state index is 0.0156. The summed E-state index contributed by atoms with van der Waals surface area (Å²) in [6.07, 6.45) is -0.675. The van der Waals surface area contributed by atoms with E-state index in [1.54, 1.807) is 36.4 Å². The van der Waals surface area contributed by atoms with Gasteiger partial charge in [-0.1, -0.05) is 12.1 Å². The average Bonchev–Trinajstić information content (AvgIpc) is 3.26. The fraction of sp³-hybridized carbons (Fsp3) is 0.222. The molecule has 8 heteroatoms. The van der Waals surface area contributed by atoms with E-state index in [9.17, 15) is 22.4 Å². The van der Waals surface area contributed by atoms with Crippen LogP contribution in [-0.4, -0.2) is 29.8 Å². The molecule has 0 spiro atoms. The van der Waals surface area contributed by atoms with Crippen LogP contribution in [0.25, 0.3) is 33.2 Å². The molecule has 0 aliphatic carbocycles. The molecule has 4 aromatic rings. The van der Waals surface area contributed by atoms with Gasteiger partial charge >= 0.3 is 0 Å². The molecule has 180 valence electrons. The summed E-state index contributed by atoms with van der Waals surface area (Å²) in [6.45, 7) is 0.198. The maximum Gasteiger partial charge on any atom is 0.253 e. The largest absolute Gasteiger partial charge is 0.459 e. The van der Waals surface area contributed by atoms with E-state index in [1.807, 2.05) is 6.07 Å². The summed E-state index contributed by atoms with van der Waals surface area (Å²) in [6, 6.07) is 15.5. The van der Waals surface area contributed by atoms with Gasteiger partial charge in [-0.05, 0) is 59.2 Å². The average molecular weight is 482 g/mol. The molecule has 5 rings (SSSR count). The number of fused-ring (bicyclic) bond motifs is 1. The van der Waals surface area contributed by atoms with Crippen LogP contribution in [0.3, 0.4) is 0 Å². The Kier molecular flexibility index (Phi) is 5.84. The zero-order valence-electron chi connectivity index (χ0n) is 18.7. The highest BCUT2D eigenvalue weighted by molar-refractivity contribution is 5.98. The molecule has 2 heterocycles. The van der Waals surface area contributed by atoms with Gasteiger partial charge in [-0.3, -0.25) is 4.79 Å². The minimum atomic E-state index is -2.72. The summed E-state index contributed by atoms with van der Waals surface area (Å²) in [5, 5.41) is 0.719. The van der Waals surface area contributed by atoms with Crippen LogP contribution in [0.15, 0.2) is 65.1 Å². The molecule has 1 amide bonds. The number of nitrogens with two attached hydrogens (primary N) is 1. The standard InChI is InChI=1S/C27H22F4N2O2/c28-21-10-19(11-22(29)14-21)24-13-18(9-20-12-23(15-32)35-25(20)24)16-1-3-17(4-2-16)26(34)33-7-5-27(30,31)6-8-33/h1-4,9-14H,5-8,15,32H2. The Morgan fingerprint density at radius 2 is 1.54 bits per heavy atom. The zero-order valence-corrected chi connectivity index (χ0v) is 18.7. The molecule has 0 bridgehead atoms. The molecule has 0 radical (unpaired) electrons. The van der Waals surface area contributed by atoms with Crippen molar-refractivity contribution in [3.63, 3.8) is 0 Å². The number of likely N-dealkylation sites (tertiary alicyclic amines) is 1. The van der Waals surface area contributed by atoms with Gasteiger partial charge in [0.15, 0.2) is 0 Å². The van der Waals surface area contributed by atoms with E-state index in [2.05, 4.69) is 0 Å². The van der Waals surface area contributed by atoms with Gasteiger partial charge in [-0.2, -0.15) is 0 Å². The van der Waals surface area contributed by atoms with Crippen LogP contribution in [0.2, 0.25) is 0 Å². The highest BCUT2D eigenvalue weighted by atomic mass is 19.3. The number of nitrogens with zero attached hydrogens (tertiary/aromatic N) is 1. The number of hydrogen-bond acceptors (Lipinski definition) is 3. The van der Waals surface area contributed by atoms with E-state index < -0.39 is 17.6 Å². The molecule has 0 atom stereocenters. The van der Waals surface area contributed by atoms with E-state index >= 15 is 0 Å². The van der Waals surface area contributed by atoms with Gasteiger partial charge < -0.3 is 15.1 Å². The smallest absolute Gasteiger partial charge is 0.253 e. The molecule has 1 aliphatic rings. The first-order valence-corrected chi connectivity index (χ1v) is 11.2. The quantitative estimate of drug-likeness (QED) is 0.344. The first-order chi connectivity index (χ1) is 16.7. The van der Waals surface area contributed by atoms with Gasteiger partial charge in [0.25, 0.3) is 11.8 Å².